The van der Waals surface area contributed by atoms with Gasteiger partial charge in [-0.05, 0) is 25.1 Å². The van der Waals surface area contributed by atoms with Crippen LogP contribution in [0, 0.1) is 11.3 Å². The summed E-state index contributed by atoms with van der Waals surface area (Å²) in [6.45, 7) is 1.38. The van der Waals surface area contributed by atoms with Gasteiger partial charge in [-0.2, -0.15) is 5.26 Å². The lowest BCUT2D eigenvalue weighted by Crippen LogP contribution is -2.30. The van der Waals surface area contributed by atoms with E-state index >= 15 is 0 Å². The lowest BCUT2D eigenvalue weighted by atomic mass is 10.2. The molecular weight excluding hydrogens is 317 g/mol. The fraction of sp³-hybridized carbons (Fsp3) is 0.154. The van der Waals surface area contributed by atoms with E-state index in [1.54, 1.807) is 6.07 Å². The first-order chi connectivity index (χ1) is 9.85. The summed E-state index contributed by atoms with van der Waals surface area (Å²) in [5, 5.41) is 23.1. The van der Waals surface area contributed by atoms with E-state index in [4.69, 9.17) is 33.6 Å². The molecule has 0 heterocycles. The molecule has 6 nitrogen and oxygen atoms in total. The minimum absolute atomic E-state index is 0.259. The van der Waals surface area contributed by atoms with Crippen molar-refractivity contribution >= 4 is 40.8 Å². The van der Waals surface area contributed by atoms with E-state index in [0.717, 1.165) is 6.20 Å². The maximum absolute atomic E-state index is 11.9. The first-order valence-corrected chi connectivity index (χ1v) is 6.46. The van der Waals surface area contributed by atoms with Crippen molar-refractivity contribution in [2.75, 3.05) is 5.32 Å². The Balaban J connectivity index is 2.80. The van der Waals surface area contributed by atoms with E-state index in [1.165, 1.54) is 25.1 Å². The standard InChI is InChI=1S/C13H11Cl2N3O3/c1-7(13(20)21)17-6-8(5-16)12(19)18-9-2-3-10(14)11(15)4-9/h2-4,6-7,17H,1H3,(H,18,19)(H,20,21)/b8-6-. The number of nitrogens with zero attached hydrogens (tertiary/aromatic N) is 1. The number of aliphatic carboxylic acids is 1. The number of hydrogen-bond acceptors (Lipinski definition) is 4. The van der Waals surface area contributed by atoms with E-state index in [9.17, 15) is 9.59 Å². The maximum atomic E-state index is 11.9. The summed E-state index contributed by atoms with van der Waals surface area (Å²) in [6, 6.07) is 5.21. The molecule has 0 radical (unpaired) electrons. The molecule has 0 saturated carbocycles. The van der Waals surface area contributed by atoms with Crippen molar-refractivity contribution in [2.45, 2.75) is 13.0 Å². The summed E-state index contributed by atoms with van der Waals surface area (Å²) >= 11 is 11.6. The van der Waals surface area contributed by atoms with Crippen LogP contribution in [-0.4, -0.2) is 23.0 Å². The van der Waals surface area contributed by atoms with Gasteiger partial charge in [0.05, 0.1) is 10.0 Å². The number of anilines is 1. The average Bonchev–Trinajstić information content (AvgIpc) is 2.43. The van der Waals surface area contributed by atoms with Gasteiger partial charge < -0.3 is 15.7 Å². The molecule has 1 atom stereocenters. The highest BCUT2D eigenvalue weighted by molar-refractivity contribution is 6.42. The molecule has 0 bridgehead atoms. The number of hydrogen-bond donors (Lipinski definition) is 3. The molecule has 8 heteroatoms. The van der Waals surface area contributed by atoms with Gasteiger partial charge in [0.1, 0.15) is 17.7 Å². The number of carbonyl (C=O) groups is 2. The Morgan fingerprint density at radius 3 is 2.57 bits per heavy atom. The molecule has 1 amide bonds. The Hall–Kier alpha value is -2.23. The van der Waals surface area contributed by atoms with Crippen molar-refractivity contribution in [2.24, 2.45) is 0 Å². The fourth-order valence-corrected chi connectivity index (χ4v) is 1.50. The van der Waals surface area contributed by atoms with Crippen LogP contribution >= 0.6 is 23.2 Å². The van der Waals surface area contributed by atoms with Crippen molar-refractivity contribution < 1.29 is 14.7 Å². The lowest BCUT2D eigenvalue weighted by molar-refractivity contribution is -0.138. The molecule has 0 spiro atoms. The van der Waals surface area contributed by atoms with Gasteiger partial charge in [0.2, 0.25) is 0 Å². The molecule has 1 aromatic carbocycles. The molecular formula is C13H11Cl2N3O3. The van der Waals surface area contributed by atoms with E-state index < -0.39 is 17.9 Å². The maximum Gasteiger partial charge on any atom is 0.325 e. The van der Waals surface area contributed by atoms with E-state index in [-0.39, 0.29) is 10.6 Å². The quantitative estimate of drug-likeness (QED) is 0.569. The number of halogens is 2. The van der Waals surface area contributed by atoms with Gasteiger partial charge in [-0.1, -0.05) is 23.2 Å². The number of nitrogens with one attached hydrogen (secondary N) is 2. The van der Waals surface area contributed by atoms with Crippen molar-refractivity contribution in [3.8, 4) is 6.07 Å². The van der Waals surface area contributed by atoms with Crippen molar-refractivity contribution in [3.63, 3.8) is 0 Å². The monoisotopic (exact) mass is 327 g/mol. The van der Waals surface area contributed by atoms with Crippen LogP contribution in [0.15, 0.2) is 30.0 Å². The van der Waals surface area contributed by atoms with Gasteiger partial charge in [-0.15, -0.1) is 0 Å². The number of carboxylic acids is 1. The zero-order chi connectivity index (χ0) is 16.0. The highest BCUT2D eigenvalue weighted by Gasteiger charge is 2.13. The van der Waals surface area contributed by atoms with Gasteiger partial charge >= 0.3 is 5.97 Å². The molecule has 3 N–H and O–H groups in total. The number of carbonyl (C=O) groups excluding carboxylic acids is 1. The molecule has 1 aromatic rings. The summed E-state index contributed by atoms with van der Waals surface area (Å²) in [6.07, 6.45) is 1.05. The normalized spacial score (nSPS) is 12.2. The van der Waals surface area contributed by atoms with E-state index in [2.05, 4.69) is 10.6 Å². The second-order valence-electron chi connectivity index (χ2n) is 3.98. The van der Waals surface area contributed by atoms with Crippen LogP contribution in [0.25, 0.3) is 0 Å². The van der Waals surface area contributed by atoms with Gasteiger partial charge in [-0.3, -0.25) is 9.59 Å². The minimum atomic E-state index is -1.10. The largest absolute Gasteiger partial charge is 0.480 e. The summed E-state index contributed by atoms with van der Waals surface area (Å²) in [7, 11) is 0. The minimum Gasteiger partial charge on any atom is -0.480 e. The predicted molar refractivity (Wildman–Crippen MR) is 79.0 cm³/mol. The van der Waals surface area contributed by atoms with Crippen LogP contribution in [0.2, 0.25) is 10.0 Å². The topological polar surface area (TPSA) is 102 Å². The number of carboxylic acid groups (broad SMARTS) is 1. The summed E-state index contributed by atoms with van der Waals surface area (Å²) in [5.41, 5.74) is 0.0935. The zero-order valence-corrected chi connectivity index (χ0v) is 12.4. The van der Waals surface area contributed by atoms with Crippen LogP contribution in [0.4, 0.5) is 5.69 Å². The molecule has 0 aliphatic carbocycles. The van der Waals surface area contributed by atoms with Crippen LogP contribution < -0.4 is 10.6 Å². The number of nitriles is 1. The summed E-state index contributed by atoms with van der Waals surface area (Å²) in [4.78, 5) is 22.5. The molecule has 0 aliphatic rings. The molecule has 1 unspecified atom stereocenters. The van der Waals surface area contributed by atoms with Crippen LogP contribution in [0.1, 0.15) is 6.92 Å². The van der Waals surface area contributed by atoms with Crippen LogP contribution in [-0.2, 0) is 9.59 Å². The highest BCUT2D eigenvalue weighted by atomic mass is 35.5. The number of rotatable bonds is 5. The molecule has 1 rings (SSSR count). The first kappa shape index (κ1) is 16.8. The zero-order valence-electron chi connectivity index (χ0n) is 10.9. The van der Waals surface area contributed by atoms with Gasteiger partial charge in [0.25, 0.3) is 5.91 Å². The van der Waals surface area contributed by atoms with Gasteiger partial charge in [0.15, 0.2) is 0 Å². The van der Waals surface area contributed by atoms with Crippen molar-refractivity contribution in [3.05, 3.63) is 40.0 Å². The Morgan fingerprint density at radius 2 is 2.05 bits per heavy atom. The third kappa shape index (κ3) is 4.99. The molecule has 0 fully saturated rings. The average molecular weight is 328 g/mol. The second kappa shape index (κ2) is 7.53. The van der Waals surface area contributed by atoms with Gasteiger partial charge in [-0.25, -0.2) is 0 Å². The molecule has 0 saturated heterocycles. The molecule has 0 aliphatic heterocycles. The smallest absolute Gasteiger partial charge is 0.325 e. The summed E-state index contributed by atoms with van der Waals surface area (Å²) < 4.78 is 0. The Kier molecular flexibility index (Phi) is 6.03. The Bertz CT molecular complexity index is 638. The van der Waals surface area contributed by atoms with Crippen LogP contribution in [0.3, 0.4) is 0 Å². The lowest BCUT2D eigenvalue weighted by Gasteiger charge is -2.08. The number of benzene rings is 1. The highest BCUT2D eigenvalue weighted by Crippen LogP contribution is 2.25. The molecule has 21 heavy (non-hydrogen) atoms. The third-order valence-corrected chi connectivity index (χ3v) is 3.13. The Morgan fingerprint density at radius 1 is 1.38 bits per heavy atom. The van der Waals surface area contributed by atoms with Crippen LogP contribution in [0.5, 0.6) is 0 Å². The van der Waals surface area contributed by atoms with Crippen molar-refractivity contribution in [1.29, 1.82) is 5.26 Å². The first-order valence-electron chi connectivity index (χ1n) is 5.70. The van der Waals surface area contributed by atoms with Crippen molar-refractivity contribution in [1.82, 2.24) is 5.32 Å². The fourth-order valence-electron chi connectivity index (χ4n) is 1.20. The SMILES string of the molecule is CC(N/C=C(/C#N)C(=O)Nc1ccc(Cl)c(Cl)c1)C(=O)O. The third-order valence-electron chi connectivity index (χ3n) is 2.39. The Labute approximate surface area is 131 Å². The summed E-state index contributed by atoms with van der Waals surface area (Å²) in [5.74, 6) is -1.80. The van der Waals surface area contributed by atoms with E-state index in [1.807, 2.05) is 0 Å². The van der Waals surface area contributed by atoms with Gasteiger partial charge in [0, 0.05) is 11.9 Å². The number of amides is 1. The molecule has 0 aromatic heterocycles. The van der Waals surface area contributed by atoms with E-state index in [0.29, 0.717) is 10.7 Å². The predicted octanol–water partition coefficient (Wildman–Crippen LogP) is 2.40. The second-order valence-corrected chi connectivity index (χ2v) is 4.79. The molecule has 110 valence electrons.